The van der Waals surface area contributed by atoms with Crippen molar-refractivity contribution in [2.45, 2.75) is 26.7 Å². The van der Waals surface area contributed by atoms with E-state index in [-0.39, 0.29) is 24.9 Å². The molecule has 0 aromatic heterocycles. The molecule has 0 aliphatic heterocycles. The van der Waals surface area contributed by atoms with Gasteiger partial charge in [-0.15, -0.1) is 0 Å². The van der Waals surface area contributed by atoms with E-state index in [1.165, 1.54) is 0 Å². The number of carboxylic acid groups (broad SMARTS) is 1. The Morgan fingerprint density at radius 3 is 2.50 bits per heavy atom. The lowest BCUT2D eigenvalue weighted by atomic mass is 10.0. The highest BCUT2D eigenvalue weighted by Gasteiger charge is 2.12. The Kier molecular flexibility index (Phi) is 6.56. The van der Waals surface area contributed by atoms with Gasteiger partial charge in [-0.1, -0.05) is 31.0 Å². The lowest BCUT2D eigenvalue weighted by Crippen LogP contribution is -2.33. The predicted molar refractivity (Wildman–Crippen MR) is 75.7 cm³/mol. The molecule has 0 radical (unpaired) electrons. The summed E-state index contributed by atoms with van der Waals surface area (Å²) in [5, 5.41) is 11.4. The zero-order chi connectivity index (χ0) is 15.0. The Morgan fingerprint density at radius 2 is 1.95 bits per heavy atom. The number of aryl methyl sites for hydroxylation is 1. The Morgan fingerprint density at radius 1 is 1.30 bits per heavy atom. The van der Waals surface area contributed by atoms with Gasteiger partial charge in [-0.2, -0.15) is 0 Å². The predicted octanol–water partition coefficient (Wildman–Crippen LogP) is 1.99. The normalized spacial score (nSPS) is 11.7. The van der Waals surface area contributed by atoms with Gasteiger partial charge in [0.1, 0.15) is 5.75 Å². The highest BCUT2D eigenvalue weighted by atomic mass is 16.5. The van der Waals surface area contributed by atoms with Crippen LogP contribution in [-0.2, 0) is 9.59 Å². The van der Waals surface area contributed by atoms with Crippen molar-refractivity contribution >= 4 is 11.9 Å². The molecule has 0 heterocycles. The highest BCUT2D eigenvalue weighted by Crippen LogP contribution is 2.11. The first kappa shape index (κ1) is 16.0. The highest BCUT2D eigenvalue weighted by molar-refractivity contribution is 5.77. The second kappa shape index (κ2) is 8.19. The van der Waals surface area contributed by atoms with Crippen LogP contribution in [-0.4, -0.2) is 30.1 Å². The van der Waals surface area contributed by atoms with E-state index in [2.05, 4.69) is 5.32 Å². The smallest absolute Gasteiger partial charge is 0.303 e. The summed E-state index contributed by atoms with van der Waals surface area (Å²) < 4.78 is 5.34. The lowest BCUT2D eigenvalue weighted by Gasteiger charge is -2.13. The van der Waals surface area contributed by atoms with E-state index >= 15 is 0 Å². The van der Waals surface area contributed by atoms with E-state index in [9.17, 15) is 9.59 Å². The molecule has 0 aliphatic rings. The number of carbonyl (C=O) groups excluding carboxylic acids is 1. The van der Waals surface area contributed by atoms with Crippen molar-refractivity contribution in [1.29, 1.82) is 0 Å². The fraction of sp³-hybridized carbons (Fsp3) is 0.467. The van der Waals surface area contributed by atoms with E-state index in [0.29, 0.717) is 18.7 Å². The maximum Gasteiger partial charge on any atom is 0.303 e. The van der Waals surface area contributed by atoms with Gasteiger partial charge in [0.15, 0.2) is 6.61 Å². The van der Waals surface area contributed by atoms with Gasteiger partial charge < -0.3 is 15.2 Å². The minimum absolute atomic E-state index is 0.0455. The van der Waals surface area contributed by atoms with Crippen LogP contribution in [0.4, 0.5) is 0 Å². The van der Waals surface area contributed by atoms with E-state index in [1.807, 2.05) is 38.1 Å². The molecule has 1 unspecified atom stereocenters. The van der Waals surface area contributed by atoms with Crippen LogP contribution in [0.3, 0.4) is 0 Å². The van der Waals surface area contributed by atoms with Gasteiger partial charge in [0, 0.05) is 13.0 Å². The van der Waals surface area contributed by atoms with E-state index in [0.717, 1.165) is 5.56 Å². The minimum Gasteiger partial charge on any atom is -0.484 e. The van der Waals surface area contributed by atoms with Crippen LogP contribution in [0.2, 0.25) is 0 Å². The van der Waals surface area contributed by atoms with Gasteiger partial charge in [0.05, 0.1) is 0 Å². The van der Waals surface area contributed by atoms with Crippen molar-refractivity contribution in [3.8, 4) is 5.75 Å². The molecule has 1 aromatic rings. The van der Waals surface area contributed by atoms with Crippen molar-refractivity contribution in [1.82, 2.24) is 5.32 Å². The molecule has 1 aromatic carbocycles. The number of carboxylic acids is 1. The largest absolute Gasteiger partial charge is 0.484 e. The third-order valence-electron chi connectivity index (χ3n) is 3.02. The summed E-state index contributed by atoms with van der Waals surface area (Å²) in [5.74, 6) is -0.490. The molecule has 1 atom stereocenters. The van der Waals surface area contributed by atoms with Crippen LogP contribution in [0, 0.1) is 12.8 Å². The van der Waals surface area contributed by atoms with Crippen molar-refractivity contribution in [3.63, 3.8) is 0 Å². The quantitative estimate of drug-likeness (QED) is 0.763. The van der Waals surface area contributed by atoms with E-state index < -0.39 is 5.97 Å². The molecule has 5 heteroatoms. The van der Waals surface area contributed by atoms with Crippen LogP contribution in [0.25, 0.3) is 0 Å². The molecular formula is C15H21NO4. The number of hydrogen-bond donors (Lipinski definition) is 2. The molecule has 0 aliphatic carbocycles. The molecule has 20 heavy (non-hydrogen) atoms. The second-order valence-electron chi connectivity index (χ2n) is 4.78. The zero-order valence-electron chi connectivity index (χ0n) is 11.9. The number of hydrogen-bond acceptors (Lipinski definition) is 3. The second-order valence-corrected chi connectivity index (χ2v) is 4.78. The molecule has 0 saturated carbocycles. The Hall–Kier alpha value is -2.04. The molecule has 1 amide bonds. The van der Waals surface area contributed by atoms with Crippen LogP contribution in [0.5, 0.6) is 5.75 Å². The maximum atomic E-state index is 11.6. The molecule has 0 bridgehead atoms. The van der Waals surface area contributed by atoms with Crippen LogP contribution in [0.15, 0.2) is 24.3 Å². The van der Waals surface area contributed by atoms with Crippen molar-refractivity contribution < 1.29 is 19.4 Å². The maximum absolute atomic E-state index is 11.6. The van der Waals surface area contributed by atoms with Crippen LogP contribution >= 0.6 is 0 Å². The monoisotopic (exact) mass is 279 g/mol. The number of amides is 1. The number of carbonyl (C=O) groups is 2. The molecule has 110 valence electrons. The Bertz CT molecular complexity index is 442. The lowest BCUT2D eigenvalue weighted by molar-refractivity contribution is -0.138. The first-order valence-electron chi connectivity index (χ1n) is 6.69. The van der Waals surface area contributed by atoms with Gasteiger partial charge in [-0.25, -0.2) is 0 Å². The molecule has 0 fully saturated rings. The third-order valence-corrected chi connectivity index (χ3v) is 3.02. The van der Waals surface area contributed by atoms with Gasteiger partial charge in [0.25, 0.3) is 5.91 Å². The van der Waals surface area contributed by atoms with E-state index in [1.54, 1.807) is 0 Å². The van der Waals surface area contributed by atoms with Gasteiger partial charge in [0.2, 0.25) is 0 Å². The molecule has 0 spiro atoms. The first-order valence-corrected chi connectivity index (χ1v) is 6.69. The summed E-state index contributed by atoms with van der Waals surface area (Å²) in [6, 6.07) is 7.43. The average Bonchev–Trinajstić information content (AvgIpc) is 2.42. The summed E-state index contributed by atoms with van der Waals surface area (Å²) in [7, 11) is 0. The summed E-state index contributed by atoms with van der Waals surface area (Å²) in [5.41, 5.74) is 1.13. The van der Waals surface area contributed by atoms with Crippen LogP contribution in [0.1, 0.15) is 25.3 Å². The standard InChI is InChI=1S/C15H21NO4/c1-3-12(8-15(18)19)9-16-14(17)10-20-13-6-4-11(2)5-7-13/h4-7,12H,3,8-10H2,1-2H3,(H,16,17)(H,18,19). The number of benzene rings is 1. The molecule has 2 N–H and O–H groups in total. The third kappa shape index (κ3) is 6.22. The van der Waals surface area contributed by atoms with Gasteiger partial charge in [-0.3, -0.25) is 9.59 Å². The Labute approximate surface area is 118 Å². The number of aliphatic carboxylic acids is 1. The zero-order valence-corrected chi connectivity index (χ0v) is 11.9. The SMILES string of the molecule is CCC(CNC(=O)COc1ccc(C)cc1)CC(=O)O. The summed E-state index contributed by atoms with van der Waals surface area (Å²) >= 11 is 0. The Balaban J connectivity index is 2.29. The number of rotatable bonds is 8. The minimum atomic E-state index is -0.845. The van der Waals surface area contributed by atoms with Crippen molar-refractivity contribution in [3.05, 3.63) is 29.8 Å². The molecular weight excluding hydrogens is 258 g/mol. The van der Waals surface area contributed by atoms with Gasteiger partial charge >= 0.3 is 5.97 Å². The number of ether oxygens (including phenoxy) is 1. The first-order chi connectivity index (χ1) is 9.51. The summed E-state index contributed by atoms with van der Waals surface area (Å²) in [6.45, 7) is 4.18. The topological polar surface area (TPSA) is 75.6 Å². The van der Waals surface area contributed by atoms with Crippen LogP contribution < -0.4 is 10.1 Å². The molecule has 5 nitrogen and oxygen atoms in total. The fourth-order valence-corrected chi connectivity index (χ4v) is 1.70. The van der Waals surface area contributed by atoms with E-state index in [4.69, 9.17) is 9.84 Å². The average molecular weight is 279 g/mol. The summed E-state index contributed by atoms with van der Waals surface area (Å²) in [4.78, 5) is 22.2. The number of nitrogens with one attached hydrogen (secondary N) is 1. The summed E-state index contributed by atoms with van der Waals surface area (Å²) in [6.07, 6.45) is 0.779. The molecule has 1 rings (SSSR count). The van der Waals surface area contributed by atoms with Crippen molar-refractivity contribution in [2.24, 2.45) is 5.92 Å². The molecule has 0 saturated heterocycles. The fourth-order valence-electron chi connectivity index (χ4n) is 1.70. The van der Waals surface area contributed by atoms with Gasteiger partial charge in [-0.05, 0) is 25.0 Å². The van der Waals surface area contributed by atoms with Crippen molar-refractivity contribution in [2.75, 3.05) is 13.2 Å².